The highest BCUT2D eigenvalue weighted by molar-refractivity contribution is 6.30. The van der Waals surface area contributed by atoms with Crippen LogP contribution in [0, 0.1) is 0 Å². The third-order valence-electron chi connectivity index (χ3n) is 3.16. The van der Waals surface area contributed by atoms with Crippen LogP contribution in [0.5, 0.6) is 0 Å². The van der Waals surface area contributed by atoms with E-state index in [1.54, 1.807) is 0 Å². The van der Waals surface area contributed by atoms with Crippen LogP contribution in [0.3, 0.4) is 0 Å². The Labute approximate surface area is 148 Å². The van der Waals surface area contributed by atoms with Crippen molar-refractivity contribution >= 4 is 23.8 Å². The average molecular weight is 344 g/mol. The van der Waals surface area contributed by atoms with Crippen molar-refractivity contribution in [3.63, 3.8) is 0 Å². The van der Waals surface area contributed by atoms with Gasteiger partial charge in [0.2, 0.25) is 0 Å². The largest absolute Gasteiger partial charge is 0.444 e. The van der Waals surface area contributed by atoms with Crippen molar-refractivity contribution in [2.24, 2.45) is 0 Å². The number of rotatable bonds is 4. The second-order valence-electron chi connectivity index (χ2n) is 6.41. The molecule has 0 saturated heterocycles. The fourth-order valence-electron chi connectivity index (χ4n) is 2.08. The molecule has 24 heavy (non-hydrogen) atoms. The second-order valence-corrected chi connectivity index (χ2v) is 6.85. The monoisotopic (exact) mass is 343 g/mol. The van der Waals surface area contributed by atoms with Gasteiger partial charge in [-0.25, -0.2) is 4.79 Å². The number of nitrogens with one attached hydrogen (secondary N) is 1. The molecule has 0 aliphatic carbocycles. The van der Waals surface area contributed by atoms with Gasteiger partial charge in [0.15, 0.2) is 0 Å². The van der Waals surface area contributed by atoms with Crippen LogP contribution >= 0.6 is 11.6 Å². The van der Waals surface area contributed by atoms with Crippen molar-refractivity contribution in [1.82, 2.24) is 5.32 Å². The van der Waals surface area contributed by atoms with Crippen molar-refractivity contribution in [2.45, 2.75) is 26.4 Å². The van der Waals surface area contributed by atoms with Crippen LogP contribution in [-0.4, -0.2) is 18.2 Å². The molecule has 2 rings (SSSR count). The average Bonchev–Trinajstić information content (AvgIpc) is 2.51. The zero-order valence-corrected chi connectivity index (χ0v) is 14.9. The Morgan fingerprint density at radius 1 is 1.04 bits per heavy atom. The van der Waals surface area contributed by atoms with Gasteiger partial charge in [-0.05, 0) is 49.6 Å². The lowest BCUT2D eigenvalue weighted by molar-refractivity contribution is 0.0534. The Morgan fingerprint density at radius 3 is 2.12 bits per heavy atom. The molecule has 1 amide bonds. The van der Waals surface area contributed by atoms with Crippen LogP contribution in [0.15, 0.2) is 54.6 Å². The van der Waals surface area contributed by atoms with E-state index in [0.29, 0.717) is 6.54 Å². The Balaban J connectivity index is 1.87. The summed E-state index contributed by atoms with van der Waals surface area (Å²) in [6.45, 7) is 5.94. The molecule has 0 fully saturated rings. The minimum Gasteiger partial charge on any atom is -0.444 e. The molecule has 0 aliphatic rings. The number of benzene rings is 2. The van der Waals surface area contributed by atoms with Crippen molar-refractivity contribution in [2.75, 3.05) is 6.54 Å². The number of amides is 1. The second kappa shape index (κ2) is 8.02. The van der Waals surface area contributed by atoms with Crippen LogP contribution in [0.4, 0.5) is 4.79 Å². The van der Waals surface area contributed by atoms with Gasteiger partial charge in [0, 0.05) is 11.6 Å². The van der Waals surface area contributed by atoms with E-state index in [0.717, 1.165) is 21.7 Å². The molecular weight excluding hydrogens is 322 g/mol. The van der Waals surface area contributed by atoms with Gasteiger partial charge in [-0.1, -0.05) is 60.2 Å². The van der Waals surface area contributed by atoms with Crippen LogP contribution in [0.2, 0.25) is 5.02 Å². The van der Waals surface area contributed by atoms with Crippen molar-refractivity contribution in [1.29, 1.82) is 0 Å². The SMILES string of the molecule is CC(C)(C)OC(=O)NCC=Cc1ccc(-c2ccc(Cl)cc2)cc1. The fraction of sp³-hybridized carbons (Fsp3) is 0.250. The van der Waals surface area contributed by atoms with Crippen LogP contribution in [0.1, 0.15) is 26.3 Å². The van der Waals surface area contributed by atoms with E-state index in [1.807, 2.05) is 69.3 Å². The Kier molecular flexibility index (Phi) is 6.04. The van der Waals surface area contributed by atoms with Crippen LogP contribution in [-0.2, 0) is 4.74 Å². The van der Waals surface area contributed by atoms with Crippen molar-refractivity contribution in [3.8, 4) is 11.1 Å². The predicted molar refractivity (Wildman–Crippen MR) is 100 cm³/mol. The summed E-state index contributed by atoms with van der Waals surface area (Å²) < 4.78 is 5.17. The van der Waals surface area contributed by atoms with Gasteiger partial charge in [-0.15, -0.1) is 0 Å². The van der Waals surface area contributed by atoms with Gasteiger partial charge in [0.25, 0.3) is 0 Å². The van der Waals surface area contributed by atoms with E-state index < -0.39 is 11.7 Å². The maximum absolute atomic E-state index is 11.5. The lowest BCUT2D eigenvalue weighted by Gasteiger charge is -2.19. The number of carbonyl (C=O) groups is 1. The number of ether oxygens (including phenoxy) is 1. The summed E-state index contributed by atoms with van der Waals surface area (Å²) in [5, 5.41) is 3.42. The zero-order valence-electron chi connectivity index (χ0n) is 14.2. The van der Waals surface area contributed by atoms with Gasteiger partial charge in [-0.3, -0.25) is 0 Å². The Bertz CT molecular complexity index is 698. The summed E-state index contributed by atoms with van der Waals surface area (Å²) >= 11 is 5.90. The number of hydrogen-bond acceptors (Lipinski definition) is 2. The van der Waals surface area contributed by atoms with Gasteiger partial charge in [0.1, 0.15) is 5.60 Å². The standard InChI is InChI=1S/C20H22ClNO2/c1-20(2,3)24-19(23)22-14-4-5-15-6-8-16(9-7-15)17-10-12-18(21)13-11-17/h4-13H,14H2,1-3H3,(H,22,23). The molecule has 0 bridgehead atoms. The Morgan fingerprint density at radius 2 is 1.58 bits per heavy atom. The van der Waals surface area contributed by atoms with E-state index >= 15 is 0 Å². The molecule has 0 atom stereocenters. The molecule has 4 heteroatoms. The lowest BCUT2D eigenvalue weighted by Crippen LogP contribution is -2.32. The highest BCUT2D eigenvalue weighted by atomic mass is 35.5. The first-order valence-electron chi connectivity index (χ1n) is 7.83. The third kappa shape index (κ3) is 6.09. The molecule has 2 aromatic carbocycles. The molecule has 3 nitrogen and oxygen atoms in total. The molecule has 0 unspecified atom stereocenters. The molecular formula is C20H22ClNO2. The number of carbonyl (C=O) groups excluding carboxylic acids is 1. The molecule has 0 radical (unpaired) electrons. The first-order valence-corrected chi connectivity index (χ1v) is 8.21. The van der Waals surface area contributed by atoms with E-state index in [4.69, 9.17) is 16.3 Å². The summed E-state index contributed by atoms with van der Waals surface area (Å²) in [4.78, 5) is 11.5. The minimum absolute atomic E-state index is 0.412. The summed E-state index contributed by atoms with van der Waals surface area (Å²) in [6, 6.07) is 16.0. The van der Waals surface area contributed by atoms with Gasteiger partial charge in [0.05, 0.1) is 0 Å². The normalized spacial score (nSPS) is 11.5. The van der Waals surface area contributed by atoms with E-state index in [9.17, 15) is 4.79 Å². The fourth-order valence-corrected chi connectivity index (χ4v) is 2.21. The third-order valence-corrected chi connectivity index (χ3v) is 3.41. The smallest absolute Gasteiger partial charge is 0.407 e. The first-order chi connectivity index (χ1) is 11.3. The lowest BCUT2D eigenvalue weighted by atomic mass is 10.0. The summed E-state index contributed by atoms with van der Waals surface area (Å²) in [6.07, 6.45) is 3.44. The molecule has 126 valence electrons. The molecule has 2 aromatic rings. The number of hydrogen-bond donors (Lipinski definition) is 1. The zero-order chi connectivity index (χ0) is 17.6. The van der Waals surface area contributed by atoms with Gasteiger partial charge < -0.3 is 10.1 Å². The minimum atomic E-state index is -0.481. The molecule has 0 saturated carbocycles. The maximum atomic E-state index is 11.5. The summed E-state index contributed by atoms with van der Waals surface area (Å²) in [5.41, 5.74) is 2.85. The number of halogens is 1. The van der Waals surface area contributed by atoms with Gasteiger partial charge >= 0.3 is 6.09 Å². The summed E-state index contributed by atoms with van der Waals surface area (Å²) in [7, 11) is 0. The molecule has 1 N–H and O–H groups in total. The van der Waals surface area contributed by atoms with E-state index in [-0.39, 0.29) is 0 Å². The number of alkyl carbamates (subject to hydrolysis) is 1. The predicted octanol–water partition coefficient (Wildman–Crippen LogP) is 5.54. The van der Waals surface area contributed by atoms with Crippen molar-refractivity contribution < 1.29 is 9.53 Å². The van der Waals surface area contributed by atoms with Crippen molar-refractivity contribution in [3.05, 3.63) is 65.2 Å². The molecule has 0 spiro atoms. The molecule has 0 aromatic heterocycles. The highest BCUT2D eigenvalue weighted by Crippen LogP contribution is 2.22. The molecule has 0 aliphatic heterocycles. The topological polar surface area (TPSA) is 38.3 Å². The maximum Gasteiger partial charge on any atom is 0.407 e. The van der Waals surface area contributed by atoms with E-state index in [1.165, 1.54) is 0 Å². The quantitative estimate of drug-likeness (QED) is 0.790. The molecule has 0 heterocycles. The van der Waals surface area contributed by atoms with E-state index in [2.05, 4.69) is 17.4 Å². The van der Waals surface area contributed by atoms with Crippen LogP contribution < -0.4 is 5.32 Å². The Hall–Kier alpha value is -2.26. The first kappa shape index (κ1) is 18.1. The highest BCUT2D eigenvalue weighted by Gasteiger charge is 2.14. The van der Waals surface area contributed by atoms with Gasteiger partial charge in [-0.2, -0.15) is 0 Å². The van der Waals surface area contributed by atoms with Crippen LogP contribution in [0.25, 0.3) is 17.2 Å². The summed E-state index contributed by atoms with van der Waals surface area (Å²) in [5.74, 6) is 0.